The molecule has 6 heteroatoms. The van der Waals surface area contributed by atoms with Crippen LogP contribution in [0.5, 0.6) is 0 Å². The third kappa shape index (κ3) is 3.50. The molecule has 1 aromatic carbocycles. The quantitative estimate of drug-likeness (QED) is 0.664. The van der Waals surface area contributed by atoms with Gasteiger partial charge in [0.2, 0.25) is 0 Å². The highest BCUT2D eigenvalue weighted by Gasteiger charge is 2.27. The molecule has 0 unspecified atom stereocenters. The maximum atomic E-state index is 11.3. The van der Waals surface area contributed by atoms with Crippen LogP contribution in [0.15, 0.2) is 18.2 Å². The lowest BCUT2D eigenvalue weighted by atomic mass is 9.96. The number of benzene rings is 1. The van der Waals surface area contributed by atoms with Crippen LogP contribution in [0, 0.1) is 27.4 Å². The van der Waals surface area contributed by atoms with Gasteiger partial charge < -0.3 is 10.2 Å². The molecule has 1 aliphatic heterocycles. The van der Waals surface area contributed by atoms with E-state index in [0.29, 0.717) is 11.6 Å². The van der Waals surface area contributed by atoms with Gasteiger partial charge in [-0.3, -0.25) is 10.1 Å². The number of nitriles is 1. The average Bonchev–Trinajstić information content (AvgIpc) is 2.52. The zero-order chi connectivity index (χ0) is 15.2. The second-order valence-electron chi connectivity index (χ2n) is 5.28. The van der Waals surface area contributed by atoms with Crippen LogP contribution in [0.4, 0.5) is 11.4 Å². The van der Waals surface area contributed by atoms with E-state index in [1.807, 2.05) is 11.0 Å². The molecule has 0 saturated carbocycles. The minimum Gasteiger partial charge on any atom is -0.366 e. The fourth-order valence-electron chi connectivity index (χ4n) is 2.80. The molecule has 1 heterocycles. The summed E-state index contributed by atoms with van der Waals surface area (Å²) in [6.07, 6.45) is 2.03. The largest absolute Gasteiger partial charge is 0.366 e. The van der Waals surface area contributed by atoms with Gasteiger partial charge in [0, 0.05) is 13.1 Å². The molecule has 1 aliphatic rings. The molecule has 0 bridgehead atoms. The molecule has 1 aromatic rings. The number of nitrogens with zero attached hydrogens (tertiary/aromatic N) is 3. The Labute approximate surface area is 124 Å². The van der Waals surface area contributed by atoms with E-state index in [0.717, 1.165) is 39.0 Å². The van der Waals surface area contributed by atoms with Crippen molar-refractivity contribution >= 4 is 11.4 Å². The molecule has 0 atom stereocenters. The maximum absolute atomic E-state index is 11.3. The van der Waals surface area contributed by atoms with Gasteiger partial charge in [-0.15, -0.1) is 0 Å². The van der Waals surface area contributed by atoms with Gasteiger partial charge >= 0.3 is 5.69 Å². The van der Waals surface area contributed by atoms with Gasteiger partial charge in [-0.1, -0.05) is 13.0 Å². The summed E-state index contributed by atoms with van der Waals surface area (Å²) in [4.78, 5) is 12.9. The first-order valence-corrected chi connectivity index (χ1v) is 7.30. The monoisotopic (exact) mass is 288 g/mol. The molecule has 21 heavy (non-hydrogen) atoms. The fraction of sp³-hybridized carbons (Fsp3) is 0.533. The van der Waals surface area contributed by atoms with Crippen LogP contribution in [-0.4, -0.2) is 31.1 Å². The molecule has 0 aliphatic carbocycles. The average molecular weight is 288 g/mol. The predicted molar refractivity (Wildman–Crippen MR) is 81.3 cm³/mol. The summed E-state index contributed by atoms with van der Waals surface area (Å²) < 4.78 is 0. The summed E-state index contributed by atoms with van der Waals surface area (Å²) in [6, 6.07) is 6.87. The summed E-state index contributed by atoms with van der Waals surface area (Å²) in [7, 11) is 0. The van der Waals surface area contributed by atoms with Gasteiger partial charge in [0.15, 0.2) is 0 Å². The van der Waals surface area contributed by atoms with Crippen molar-refractivity contribution in [3.8, 4) is 6.07 Å². The Morgan fingerprint density at radius 2 is 2.19 bits per heavy atom. The molecule has 1 N–H and O–H groups in total. The standard InChI is InChI=1S/C15H20N4O2/c1-2-17-11-12-6-8-18(9-7-12)14-5-3-4-13(10-16)15(14)19(20)21/h3-5,12,17H,2,6-9,11H2,1H3. The molecular formula is C15H20N4O2. The summed E-state index contributed by atoms with van der Waals surface area (Å²) in [5.74, 6) is 0.624. The van der Waals surface area contributed by atoms with Gasteiger partial charge in [0.05, 0.1) is 4.92 Å². The van der Waals surface area contributed by atoms with Crippen LogP contribution in [0.1, 0.15) is 25.3 Å². The van der Waals surface area contributed by atoms with E-state index in [1.165, 1.54) is 6.07 Å². The fourth-order valence-corrected chi connectivity index (χ4v) is 2.80. The van der Waals surface area contributed by atoms with Crippen molar-refractivity contribution in [2.75, 3.05) is 31.1 Å². The van der Waals surface area contributed by atoms with Crippen LogP contribution in [-0.2, 0) is 0 Å². The lowest BCUT2D eigenvalue weighted by Crippen LogP contribution is -2.37. The number of hydrogen-bond acceptors (Lipinski definition) is 5. The second kappa shape index (κ2) is 7.04. The molecule has 0 spiro atoms. The number of rotatable bonds is 5. The molecule has 0 radical (unpaired) electrons. The number of hydrogen-bond donors (Lipinski definition) is 1. The zero-order valence-electron chi connectivity index (χ0n) is 12.2. The van der Waals surface area contributed by atoms with E-state index in [9.17, 15) is 10.1 Å². The molecule has 112 valence electrons. The summed E-state index contributed by atoms with van der Waals surface area (Å²) in [6.45, 7) is 5.66. The number of nitro benzene ring substituents is 1. The predicted octanol–water partition coefficient (Wildman–Crippen LogP) is 2.29. The van der Waals surface area contributed by atoms with Gasteiger partial charge in [-0.05, 0) is 44.0 Å². The maximum Gasteiger partial charge on any atom is 0.310 e. The smallest absolute Gasteiger partial charge is 0.310 e. The third-order valence-electron chi connectivity index (χ3n) is 3.96. The van der Waals surface area contributed by atoms with Crippen molar-refractivity contribution in [1.82, 2.24) is 5.32 Å². The highest BCUT2D eigenvalue weighted by Crippen LogP contribution is 2.33. The van der Waals surface area contributed by atoms with Crippen molar-refractivity contribution in [3.63, 3.8) is 0 Å². The Morgan fingerprint density at radius 1 is 1.48 bits per heavy atom. The van der Waals surface area contributed by atoms with Crippen molar-refractivity contribution in [2.45, 2.75) is 19.8 Å². The Morgan fingerprint density at radius 3 is 2.76 bits per heavy atom. The second-order valence-corrected chi connectivity index (χ2v) is 5.28. The van der Waals surface area contributed by atoms with E-state index >= 15 is 0 Å². The molecule has 1 fully saturated rings. The molecule has 2 rings (SSSR count). The number of piperidine rings is 1. The molecular weight excluding hydrogens is 268 g/mol. The summed E-state index contributed by atoms with van der Waals surface area (Å²) >= 11 is 0. The number of para-hydroxylation sites is 1. The molecule has 0 amide bonds. The number of nitrogens with one attached hydrogen (secondary N) is 1. The van der Waals surface area contributed by atoms with Crippen LogP contribution >= 0.6 is 0 Å². The Balaban J connectivity index is 2.14. The highest BCUT2D eigenvalue weighted by atomic mass is 16.6. The van der Waals surface area contributed by atoms with E-state index in [-0.39, 0.29) is 11.3 Å². The minimum absolute atomic E-state index is 0.0647. The Kier molecular flexibility index (Phi) is 5.12. The number of anilines is 1. The first-order chi connectivity index (χ1) is 10.2. The number of nitro groups is 1. The first-order valence-electron chi connectivity index (χ1n) is 7.30. The van der Waals surface area contributed by atoms with Crippen molar-refractivity contribution in [3.05, 3.63) is 33.9 Å². The molecule has 6 nitrogen and oxygen atoms in total. The normalized spacial score (nSPS) is 15.7. The van der Waals surface area contributed by atoms with E-state index in [1.54, 1.807) is 12.1 Å². The summed E-state index contributed by atoms with van der Waals surface area (Å²) in [5, 5.41) is 23.7. The third-order valence-corrected chi connectivity index (χ3v) is 3.96. The lowest BCUT2D eigenvalue weighted by Gasteiger charge is -2.33. The van der Waals surface area contributed by atoms with E-state index in [2.05, 4.69) is 12.2 Å². The lowest BCUT2D eigenvalue weighted by molar-refractivity contribution is -0.384. The SMILES string of the molecule is CCNCC1CCN(c2cccc(C#N)c2[N+](=O)[O-])CC1. The summed E-state index contributed by atoms with van der Waals surface area (Å²) in [5.41, 5.74) is 0.637. The van der Waals surface area contributed by atoms with Gasteiger partial charge in [0.25, 0.3) is 0 Å². The van der Waals surface area contributed by atoms with Crippen molar-refractivity contribution < 1.29 is 4.92 Å². The van der Waals surface area contributed by atoms with Crippen LogP contribution in [0.25, 0.3) is 0 Å². The molecule has 0 aromatic heterocycles. The highest BCUT2D eigenvalue weighted by molar-refractivity contribution is 5.69. The van der Waals surface area contributed by atoms with E-state index < -0.39 is 4.92 Å². The first kappa shape index (κ1) is 15.3. The Bertz CT molecular complexity index is 545. The zero-order valence-corrected chi connectivity index (χ0v) is 12.2. The van der Waals surface area contributed by atoms with Gasteiger partial charge in [-0.2, -0.15) is 5.26 Å². The van der Waals surface area contributed by atoms with Gasteiger partial charge in [-0.25, -0.2) is 0 Å². The molecule has 1 saturated heterocycles. The Hall–Kier alpha value is -2.13. The minimum atomic E-state index is -0.446. The van der Waals surface area contributed by atoms with Crippen molar-refractivity contribution in [2.24, 2.45) is 5.92 Å². The van der Waals surface area contributed by atoms with Crippen LogP contribution in [0.2, 0.25) is 0 Å². The van der Waals surface area contributed by atoms with Gasteiger partial charge in [0.1, 0.15) is 17.3 Å². The van der Waals surface area contributed by atoms with Crippen LogP contribution in [0.3, 0.4) is 0 Å². The topological polar surface area (TPSA) is 82.2 Å². The van der Waals surface area contributed by atoms with Crippen LogP contribution < -0.4 is 10.2 Å². The van der Waals surface area contributed by atoms with Crippen molar-refractivity contribution in [1.29, 1.82) is 5.26 Å². The van der Waals surface area contributed by atoms with E-state index in [4.69, 9.17) is 5.26 Å².